The fraction of sp³-hybridized carbons (Fsp3) is 0.235. The van der Waals surface area contributed by atoms with Crippen LogP contribution in [0.5, 0.6) is 5.75 Å². The largest absolute Gasteiger partial charge is 0.496 e. The minimum atomic E-state index is -4.48. The Morgan fingerprint density at radius 2 is 1.96 bits per heavy atom. The van der Waals surface area contributed by atoms with Gasteiger partial charge in [0.05, 0.1) is 23.7 Å². The van der Waals surface area contributed by atoms with Crippen LogP contribution in [0.3, 0.4) is 0 Å². The van der Waals surface area contributed by atoms with Gasteiger partial charge in [0.15, 0.2) is 0 Å². The molecule has 0 bridgehead atoms. The Balaban J connectivity index is 2.48. The summed E-state index contributed by atoms with van der Waals surface area (Å²) in [5, 5.41) is 13.5. The standard InChI is InChI=1S/C17H15F3N2O4/c1-10(23)21-14-8-12(16(26-2)9-15(14)22(24)25)6-11-4-3-5-13(7-11)17(18,19)20/h3-5,7-9H,6H2,1-2H3,(H,21,23). The van der Waals surface area contributed by atoms with Crippen molar-refractivity contribution in [1.82, 2.24) is 0 Å². The Bertz CT molecular complexity index is 850. The van der Waals surface area contributed by atoms with E-state index in [0.29, 0.717) is 11.1 Å². The van der Waals surface area contributed by atoms with E-state index in [0.717, 1.165) is 18.2 Å². The lowest BCUT2D eigenvalue weighted by molar-refractivity contribution is -0.384. The van der Waals surface area contributed by atoms with E-state index in [1.807, 2.05) is 0 Å². The molecule has 0 atom stereocenters. The molecule has 0 unspecified atom stereocenters. The first-order valence-corrected chi connectivity index (χ1v) is 7.41. The summed E-state index contributed by atoms with van der Waals surface area (Å²) >= 11 is 0. The van der Waals surface area contributed by atoms with Crippen LogP contribution in [0.2, 0.25) is 0 Å². The molecule has 0 fully saturated rings. The van der Waals surface area contributed by atoms with E-state index in [-0.39, 0.29) is 23.5 Å². The van der Waals surface area contributed by atoms with Crippen LogP contribution >= 0.6 is 0 Å². The molecule has 2 rings (SSSR count). The third-order valence-corrected chi connectivity index (χ3v) is 3.56. The summed E-state index contributed by atoms with van der Waals surface area (Å²) in [4.78, 5) is 21.8. The number of alkyl halides is 3. The maximum absolute atomic E-state index is 12.9. The van der Waals surface area contributed by atoms with E-state index in [1.165, 1.54) is 32.2 Å². The zero-order valence-electron chi connectivity index (χ0n) is 13.9. The number of hydrogen-bond acceptors (Lipinski definition) is 4. The van der Waals surface area contributed by atoms with E-state index in [4.69, 9.17) is 4.74 Å². The van der Waals surface area contributed by atoms with Gasteiger partial charge in [-0.25, -0.2) is 0 Å². The first-order chi connectivity index (χ1) is 12.1. The SMILES string of the molecule is COc1cc([N+](=O)[O-])c(NC(C)=O)cc1Cc1cccc(C(F)(F)F)c1. The van der Waals surface area contributed by atoms with Gasteiger partial charge >= 0.3 is 6.18 Å². The predicted octanol–water partition coefficient (Wildman–Crippen LogP) is 4.17. The first kappa shape index (κ1) is 19.2. The van der Waals surface area contributed by atoms with Gasteiger partial charge in [0, 0.05) is 18.9 Å². The van der Waals surface area contributed by atoms with E-state index in [9.17, 15) is 28.1 Å². The summed E-state index contributed by atoms with van der Waals surface area (Å²) in [5.41, 5.74) is -0.463. The van der Waals surface area contributed by atoms with Gasteiger partial charge in [-0.1, -0.05) is 18.2 Å². The van der Waals surface area contributed by atoms with Crippen LogP contribution in [0.25, 0.3) is 0 Å². The zero-order valence-corrected chi connectivity index (χ0v) is 13.9. The highest BCUT2D eigenvalue weighted by Crippen LogP contribution is 2.35. The van der Waals surface area contributed by atoms with Crippen LogP contribution in [-0.2, 0) is 17.4 Å². The smallest absolute Gasteiger partial charge is 0.416 e. The van der Waals surface area contributed by atoms with Crippen molar-refractivity contribution in [2.24, 2.45) is 0 Å². The summed E-state index contributed by atoms with van der Waals surface area (Å²) in [6, 6.07) is 7.21. The van der Waals surface area contributed by atoms with Gasteiger partial charge in [0.25, 0.3) is 5.69 Å². The second-order valence-electron chi connectivity index (χ2n) is 5.49. The highest BCUT2D eigenvalue weighted by Gasteiger charge is 2.30. The number of anilines is 1. The van der Waals surface area contributed by atoms with Crippen molar-refractivity contribution >= 4 is 17.3 Å². The topological polar surface area (TPSA) is 81.5 Å². The highest BCUT2D eigenvalue weighted by molar-refractivity contribution is 5.91. The molecule has 1 amide bonds. The fourth-order valence-corrected chi connectivity index (χ4v) is 2.46. The Labute approximate surface area is 146 Å². The van der Waals surface area contributed by atoms with E-state index in [2.05, 4.69) is 5.32 Å². The zero-order chi connectivity index (χ0) is 19.5. The Kier molecular flexibility index (Phi) is 5.49. The van der Waals surface area contributed by atoms with E-state index >= 15 is 0 Å². The number of nitro groups is 1. The summed E-state index contributed by atoms with van der Waals surface area (Å²) in [5.74, 6) is -0.369. The van der Waals surface area contributed by atoms with Crippen molar-refractivity contribution in [2.45, 2.75) is 19.5 Å². The molecule has 0 saturated heterocycles. The molecule has 0 aliphatic rings. The second kappa shape index (κ2) is 7.42. The van der Waals surface area contributed by atoms with Crippen molar-refractivity contribution in [3.8, 4) is 5.75 Å². The molecule has 138 valence electrons. The van der Waals surface area contributed by atoms with Crippen LogP contribution in [0, 0.1) is 10.1 Å². The second-order valence-corrected chi connectivity index (χ2v) is 5.49. The molecule has 2 aromatic carbocycles. The highest BCUT2D eigenvalue weighted by atomic mass is 19.4. The monoisotopic (exact) mass is 368 g/mol. The molecule has 0 aromatic heterocycles. The fourth-order valence-electron chi connectivity index (χ4n) is 2.46. The van der Waals surface area contributed by atoms with Crippen LogP contribution in [0.15, 0.2) is 36.4 Å². The van der Waals surface area contributed by atoms with Crippen LogP contribution in [0.1, 0.15) is 23.6 Å². The molecule has 0 radical (unpaired) electrons. The average molecular weight is 368 g/mol. The van der Waals surface area contributed by atoms with Crippen molar-refractivity contribution in [3.05, 3.63) is 63.2 Å². The summed E-state index contributed by atoms with van der Waals surface area (Å²) in [7, 11) is 1.30. The minimum Gasteiger partial charge on any atom is -0.496 e. The quantitative estimate of drug-likeness (QED) is 0.634. The third kappa shape index (κ3) is 4.50. The maximum Gasteiger partial charge on any atom is 0.416 e. The molecule has 0 spiro atoms. The summed E-state index contributed by atoms with van der Waals surface area (Å²) in [6.45, 7) is 1.19. The Morgan fingerprint density at radius 3 is 2.50 bits per heavy atom. The number of carbonyl (C=O) groups excluding carboxylic acids is 1. The van der Waals surface area contributed by atoms with Crippen molar-refractivity contribution < 1.29 is 27.6 Å². The molecule has 2 aromatic rings. The molecule has 9 heteroatoms. The van der Waals surface area contributed by atoms with Crippen molar-refractivity contribution in [1.29, 1.82) is 0 Å². The van der Waals surface area contributed by atoms with Gasteiger partial charge in [0.2, 0.25) is 5.91 Å². The van der Waals surface area contributed by atoms with Gasteiger partial charge in [-0.05, 0) is 17.7 Å². The van der Waals surface area contributed by atoms with E-state index in [1.54, 1.807) is 0 Å². The lowest BCUT2D eigenvalue weighted by atomic mass is 10.0. The third-order valence-electron chi connectivity index (χ3n) is 3.56. The number of nitro benzene ring substituents is 1. The van der Waals surface area contributed by atoms with Gasteiger partial charge in [-0.2, -0.15) is 13.2 Å². The number of ether oxygens (including phenoxy) is 1. The van der Waals surface area contributed by atoms with E-state index < -0.39 is 22.6 Å². The number of benzene rings is 2. The maximum atomic E-state index is 12.9. The number of rotatable bonds is 5. The number of carbonyl (C=O) groups is 1. The number of nitrogens with one attached hydrogen (secondary N) is 1. The summed E-state index contributed by atoms with van der Waals surface area (Å²) in [6.07, 6.45) is -4.44. The molecular formula is C17H15F3N2O4. The molecule has 26 heavy (non-hydrogen) atoms. The predicted molar refractivity (Wildman–Crippen MR) is 88.2 cm³/mol. The number of hydrogen-bond donors (Lipinski definition) is 1. The lowest BCUT2D eigenvalue weighted by Crippen LogP contribution is -2.09. The molecule has 0 heterocycles. The number of nitrogens with zero attached hydrogens (tertiary/aromatic N) is 1. The van der Waals surface area contributed by atoms with Gasteiger partial charge < -0.3 is 10.1 Å². The number of halogens is 3. The van der Waals surface area contributed by atoms with Gasteiger partial charge in [-0.15, -0.1) is 0 Å². The molecule has 0 aliphatic heterocycles. The van der Waals surface area contributed by atoms with Crippen molar-refractivity contribution in [3.63, 3.8) is 0 Å². The van der Waals surface area contributed by atoms with Crippen LogP contribution in [0.4, 0.5) is 24.5 Å². The number of methoxy groups -OCH3 is 1. The Morgan fingerprint density at radius 1 is 1.27 bits per heavy atom. The Hall–Kier alpha value is -3.10. The first-order valence-electron chi connectivity index (χ1n) is 7.41. The molecule has 0 aliphatic carbocycles. The van der Waals surface area contributed by atoms with Crippen LogP contribution < -0.4 is 10.1 Å². The lowest BCUT2D eigenvalue weighted by Gasteiger charge is -2.13. The number of amides is 1. The average Bonchev–Trinajstić information content (AvgIpc) is 2.53. The van der Waals surface area contributed by atoms with Gasteiger partial charge in [0.1, 0.15) is 11.4 Å². The van der Waals surface area contributed by atoms with Crippen LogP contribution in [-0.4, -0.2) is 17.9 Å². The minimum absolute atomic E-state index is 0.0394. The normalized spacial score (nSPS) is 11.1. The molecular weight excluding hydrogens is 353 g/mol. The summed E-state index contributed by atoms with van der Waals surface area (Å²) < 4.78 is 43.7. The van der Waals surface area contributed by atoms with Crippen molar-refractivity contribution in [2.75, 3.05) is 12.4 Å². The van der Waals surface area contributed by atoms with Gasteiger partial charge in [-0.3, -0.25) is 14.9 Å². The molecule has 6 nitrogen and oxygen atoms in total. The molecule has 0 saturated carbocycles. The molecule has 1 N–H and O–H groups in total.